The second-order valence-electron chi connectivity index (χ2n) is 5.88. The van der Waals surface area contributed by atoms with Crippen molar-refractivity contribution < 1.29 is 9.59 Å². The maximum atomic E-state index is 11.9. The van der Waals surface area contributed by atoms with Crippen LogP contribution in [0.3, 0.4) is 0 Å². The lowest BCUT2D eigenvalue weighted by Gasteiger charge is -2.20. The molecule has 20 heavy (non-hydrogen) atoms. The molecule has 2 aliphatic rings. The van der Waals surface area contributed by atoms with E-state index in [1.165, 1.54) is 25.7 Å². The van der Waals surface area contributed by atoms with Crippen molar-refractivity contribution in [2.75, 3.05) is 0 Å². The van der Waals surface area contributed by atoms with Crippen LogP contribution in [-0.4, -0.2) is 16.8 Å². The molecular weight excluding hydrogens is 254 g/mol. The summed E-state index contributed by atoms with van der Waals surface area (Å²) in [5.41, 5.74) is 5.45. The number of hydrogen-bond donors (Lipinski definition) is 2. The maximum Gasteiger partial charge on any atom is 0.269 e. The van der Waals surface area contributed by atoms with Gasteiger partial charge in [-0.05, 0) is 49.1 Å². The third kappa shape index (κ3) is 2.81. The van der Waals surface area contributed by atoms with Crippen LogP contribution in [0.15, 0.2) is 24.5 Å². The lowest BCUT2D eigenvalue weighted by Crippen LogP contribution is -2.42. The van der Waals surface area contributed by atoms with Crippen molar-refractivity contribution in [1.82, 2.24) is 15.8 Å². The van der Waals surface area contributed by atoms with Crippen LogP contribution in [0.4, 0.5) is 0 Å². The topological polar surface area (TPSA) is 71.1 Å². The smallest absolute Gasteiger partial charge is 0.269 e. The number of nitrogens with one attached hydrogen (secondary N) is 2. The van der Waals surface area contributed by atoms with Crippen LogP contribution in [0.5, 0.6) is 0 Å². The Labute approximate surface area is 118 Å². The molecule has 3 atom stereocenters. The van der Waals surface area contributed by atoms with Crippen LogP contribution in [-0.2, 0) is 4.79 Å². The summed E-state index contributed by atoms with van der Waals surface area (Å²) in [6.07, 6.45) is 8.70. The number of amides is 2. The Morgan fingerprint density at radius 3 is 2.60 bits per heavy atom. The SMILES string of the molecule is O=C(CC1CC2CCC1C2)NNC(=O)c1ccncc1. The van der Waals surface area contributed by atoms with Gasteiger partial charge in [-0.15, -0.1) is 0 Å². The van der Waals surface area contributed by atoms with Gasteiger partial charge in [0.05, 0.1) is 0 Å². The zero-order valence-electron chi connectivity index (χ0n) is 11.3. The third-order valence-electron chi connectivity index (χ3n) is 4.59. The molecule has 2 bridgehead atoms. The number of nitrogens with zero attached hydrogens (tertiary/aromatic N) is 1. The lowest BCUT2D eigenvalue weighted by atomic mass is 9.86. The van der Waals surface area contributed by atoms with E-state index in [1.807, 2.05) is 0 Å². The second kappa shape index (κ2) is 5.61. The Hall–Kier alpha value is -1.91. The molecule has 3 unspecified atom stereocenters. The van der Waals surface area contributed by atoms with Gasteiger partial charge in [0, 0.05) is 24.4 Å². The van der Waals surface area contributed by atoms with Crippen molar-refractivity contribution in [2.24, 2.45) is 17.8 Å². The van der Waals surface area contributed by atoms with E-state index in [4.69, 9.17) is 0 Å². The number of hydrazine groups is 1. The van der Waals surface area contributed by atoms with E-state index in [0.717, 1.165) is 11.8 Å². The predicted octanol–water partition coefficient (Wildman–Crippen LogP) is 1.67. The summed E-state index contributed by atoms with van der Waals surface area (Å²) in [5.74, 6) is 1.66. The molecule has 0 aliphatic heterocycles. The van der Waals surface area contributed by atoms with Crippen LogP contribution in [0, 0.1) is 17.8 Å². The molecule has 1 aromatic rings. The van der Waals surface area contributed by atoms with E-state index in [1.54, 1.807) is 24.5 Å². The number of aromatic nitrogens is 1. The molecule has 1 aromatic heterocycles. The lowest BCUT2D eigenvalue weighted by molar-refractivity contribution is -0.123. The van der Waals surface area contributed by atoms with Gasteiger partial charge in [0.25, 0.3) is 5.91 Å². The van der Waals surface area contributed by atoms with Crippen molar-refractivity contribution in [2.45, 2.75) is 32.1 Å². The van der Waals surface area contributed by atoms with Gasteiger partial charge >= 0.3 is 0 Å². The first-order valence-corrected chi connectivity index (χ1v) is 7.21. The molecule has 0 radical (unpaired) electrons. The normalized spacial score (nSPS) is 27.3. The van der Waals surface area contributed by atoms with Crippen LogP contribution in [0.25, 0.3) is 0 Å². The molecule has 5 nitrogen and oxygen atoms in total. The molecule has 2 saturated carbocycles. The van der Waals surface area contributed by atoms with E-state index < -0.39 is 0 Å². The van der Waals surface area contributed by atoms with Gasteiger partial charge in [-0.2, -0.15) is 0 Å². The van der Waals surface area contributed by atoms with Gasteiger partial charge in [-0.25, -0.2) is 0 Å². The maximum absolute atomic E-state index is 11.9. The van der Waals surface area contributed by atoms with Crippen molar-refractivity contribution in [3.63, 3.8) is 0 Å². The first-order chi connectivity index (χ1) is 9.72. The molecule has 2 aliphatic carbocycles. The van der Waals surface area contributed by atoms with Gasteiger partial charge in [-0.1, -0.05) is 6.42 Å². The number of carbonyl (C=O) groups excluding carboxylic acids is 2. The van der Waals surface area contributed by atoms with Gasteiger partial charge in [0.15, 0.2) is 0 Å². The molecule has 5 heteroatoms. The number of rotatable bonds is 3. The minimum Gasteiger partial charge on any atom is -0.273 e. The van der Waals surface area contributed by atoms with Crippen molar-refractivity contribution >= 4 is 11.8 Å². The second-order valence-corrected chi connectivity index (χ2v) is 5.88. The highest BCUT2D eigenvalue weighted by Crippen LogP contribution is 2.49. The van der Waals surface area contributed by atoms with Gasteiger partial charge in [-0.3, -0.25) is 25.4 Å². The van der Waals surface area contributed by atoms with Crippen molar-refractivity contribution in [1.29, 1.82) is 0 Å². The Morgan fingerprint density at radius 2 is 1.95 bits per heavy atom. The molecule has 2 N–H and O–H groups in total. The van der Waals surface area contributed by atoms with Crippen molar-refractivity contribution in [3.8, 4) is 0 Å². The van der Waals surface area contributed by atoms with Crippen LogP contribution >= 0.6 is 0 Å². The Morgan fingerprint density at radius 1 is 1.15 bits per heavy atom. The summed E-state index contributed by atoms with van der Waals surface area (Å²) >= 11 is 0. The largest absolute Gasteiger partial charge is 0.273 e. The minimum absolute atomic E-state index is 0.0926. The van der Waals surface area contributed by atoms with Crippen LogP contribution in [0.2, 0.25) is 0 Å². The van der Waals surface area contributed by atoms with E-state index in [9.17, 15) is 9.59 Å². The van der Waals surface area contributed by atoms with Crippen LogP contribution in [0.1, 0.15) is 42.5 Å². The number of fused-ring (bicyclic) bond motifs is 2. The first kappa shape index (κ1) is 13.1. The molecule has 3 rings (SSSR count). The summed E-state index contributed by atoms with van der Waals surface area (Å²) < 4.78 is 0. The van der Waals surface area contributed by atoms with Gasteiger partial charge in [0.1, 0.15) is 0 Å². The summed E-state index contributed by atoms with van der Waals surface area (Å²) in [4.78, 5) is 27.5. The highest BCUT2D eigenvalue weighted by atomic mass is 16.2. The quantitative estimate of drug-likeness (QED) is 0.823. The predicted molar refractivity (Wildman–Crippen MR) is 73.4 cm³/mol. The minimum atomic E-state index is -0.311. The zero-order valence-corrected chi connectivity index (χ0v) is 11.3. The Bertz CT molecular complexity index is 503. The molecule has 0 saturated heterocycles. The molecule has 106 valence electrons. The fourth-order valence-corrected chi connectivity index (χ4v) is 3.62. The number of hydrogen-bond acceptors (Lipinski definition) is 3. The van der Waals surface area contributed by atoms with E-state index in [-0.39, 0.29) is 11.8 Å². The first-order valence-electron chi connectivity index (χ1n) is 7.21. The van der Waals surface area contributed by atoms with E-state index in [0.29, 0.717) is 17.9 Å². The van der Waals surface area contributed by atoms with Crippen LogP contribution < -0.4 is 10.9 Å². The molecule has 2 fully saturated rings. The average Bonchev–Trinajstić information content (AvgIpc) is 3.08. The Kier molecular flexibility index (Phi) is 3.67. The summed E-state index contributed by atoms with van der Waals surface area (Å²) in [5, 5.41) is 0. The Balaban J connectivity index is 1.44. The van der Waals surface area contributed by atoms with Gasteiger partial charge in [0.2, 0.25) is 5.91 Å². The molecule has 0 aromatic carbocycles. The highest BCUT2D eigenvalue weighted by Gasteiger charge is 2.40. The summed E-state index contributed by atoms with van der Waals surface area (Å²) in [7, 11) is 0. The standard InChI is InChI=1S/C15H19N3O2/c19-14(9-13-8-10-1-2-12(13)7-10)17-18-15(20)11-3-5-16-6-4-11/h3-6,10,12-13H,1-2,7-9H2,(H,17,19)(H,18,20). The zero-order chi connectivity index (χ0) is 13.9. The molecule has 0 spiro atoms. The fraction of sp³-hybridized carbons (Fsp3) is 0.533. The third-order valence-corrected chi connectivity index (χ3v) is 4.59. The average molecular weight is 273 g/mol. The van der Waals surface area contributed by atoms with E-state index >= 15 is 0 Å². The van der Waals surface area contributed by atoms with Crippen molar-refractivity contribution in [3.05, 3.63) is 30.1 Å². The number of carbonyl (C=O) groups is 2. The summed E-state index contributed by atoms with van der Waals surface area (Å²) in [6, 6.07) is 3.22. The number of pyridine rings is 1. The molecule has 2 amide bonds. The highest BCUT2D eigenvalue weighted by molar-refractivity contribution is 5.95. The van der Waals surface area contributed by atoms with E-state index in [2.05, 4.69) is 15.8 Å². The molecule has 1 heterocycles. The monoisotopic (exact) mass is 273 g/mol. The fourth-order valence-electron chi connectivity index (χ4n) is 3.62. The van der Waals surface area contributed by atoms with Gasteiger partial charge < -0.3 is 0 Å². The summed E-state index contributed by atoms with van der Waals surface area (Å²) in [6.45, 7) is 0. The molecular formula is C15H19N3O2.